The van der Waals surface area contributed by atoms with Crippen molar-refractivity contribution >= 4 is 28.3 Å². The number of fused-ring (bicyclic) bond motifs is 2. The van der Waals surface area contributed by atoms with E-state index < -0.39 is 6.10 Å². The Morgan fingerprint density at radius 1 is 0.697 bits per heavy atom. The number of aliphatic hydroxyl groups excluding tert-OH is 1. The fourth-order valence-corrected chi connectivity index (χ4v) is 3.86. The van der Waals surface area contributed by atoms with E-state index >= 15 is 0 Å². The number of hydrogen-bond acceptors (Lipinski definition) is 5. The maximum atomic E-state index is 12.6. The van der Waals surface area contributed by atoms with Crippen molar-refractivity contribution in [1.29, 1.82) is 0 Å². The third kappa shape index (κ3) is 4.04. The molecule has 4 aromatic carbocycles. The minimum absolute atomic E-state index is 0.0388. The number of hydrogen-bond donors (Lipinski definition) is 1. The second-order valence-corrected chi connectivity index (χ2v) is 7.74. The average Bonchev–Trinajstić information content (AvgIpc) is 3.11. The number of benzene rings is 4. The van der Waals surface area contributed by atoms with E-state index in [-0.39, 0.29) is 25.0 Å². The molecule has 4 aromatic rings. The molecule has 0 bridgehead atoms. The molecule has 0 aromatic heterocycles. The Hall–Kier alpha value is -4.16. The van der Waals surface area contributed by atoms with E-state index in [1.54, 1.807) is 48.5 Å². The van der Waals surface area contributed by atoms with Crippen molar-refractivity contribution in [2.24, 2.45) is 0 Å². The van der Waals surface area contributed by atoms with Crippen molar-refractivity contribution in [3.63, 3.8) is 0 Å². The van der Waals surface area contributed by atoms with Crippen LogP contribution in [-0.2, 0) is 0 Å². The monoisotopic (exact) mass is 439 g/mol. The Balaban J connectivity index is 1.18. The number of ether oxygens (including phenoxy) is 2. The minimum atomic E-state index is -0.833. The van der Waals surface area contributed by atoms with Crippen LogP contribution in [0.5, 0.6) is 11.5 Å². The summed E-state index contributed by atoms with van der Waals surface area (Å²) in [4.78, 5) is 26.4. The van der Waals surface area contributed by atoms with Gasteiger partial charge in [-0.3, -0.25) is 9.59 Å². The van der Waals surface area contributed by atoms with Crippen molar-refractivity contribution < 1.29 is 24.2 Å². The standard InChI is InChI=1S/C27H21NO5/c29-20(17-33-25-11-5-7-18-6-1-2-8-22(18)25)16-32-21-14-12-19(13-15-21)28-26(30)23-9-3-4-10-24(23)27(28)31/h1-15,20,29H,16-17H2. The second kappa shape index (κ2) is 8.76. The van der Waals surface area contributed by atoms with Crippen LogP contribution < -0.4 is 14.4 Å². The third-order valence-electron chi connectivity index (χ3n) is 5.51. The van der Waals surface area contributed by atoms with Gasteiger partial charge in [-0.1, -0.05) is 48.5 Å². The fourth-order valence-electron chi connectivity index (χ4n) is 3.86. The van der Waals surface area contributed by atoms with Crippen molar-refractivity contribution in [2.45, 2.75) is 6.10 Å². The molecule has 0 saturated carbocycles. The van der Waals surface area contributed by atoms with Gasteiger partial charge in [-0.05, 0) is 47.9 Å². The molecule has 1 unspecified atom stereocenters. The van der Waals surface area contributed by atoms with Gasteiger partial charge in [-0.2, -0.15) is 0 Å². The molecule has 1 N–H and O–H groups in total. The zero-order valence-corrected chi connectivity index (χ0v) is 17.7. The lowest BCUT2D eigenvalue weighted by Gasteiger charge is -2.16. The predicted molar refractivity (Wildman–Crippen MR) is 125 cm³/mol. The molecule has 1 atom stereocenters. The van der Waals surface area contributed by atoms with Crippen LogP contribution in [0.3, 0.4) is 0 Å². The molecule has 1 heterocycles. The van der Waals surface area contributed by atoms with E-state index in [9.17, 15) is 14.7 Å². The number of anilines is 1. The van der Waals surface area contributed by atoms with E-state index in [2.05, 4.69) is 0 Å². The largest absolute Gasteiger partial charge is 0.491 e. The zero-order valence-electron chi connectivity index (χ0n) is 17.7. The summed E-state index contributed by atoms with van der Waals surface area (Å²) in [5.74, 6) is 0.535. The highest BCUT2D eigenvalue weighted by molar-refractivity contribution is 6.34. The minimum Gasteiger partial charge on any atom is -0.491 e. The summed E-state index contributed by atoms with van der Waals surface area (Å²) in [5, 5.41) is 12.3. The summed E-state index contributed by atoms with van der Waals surface area (Å²) in [6, 6.07) is 27.1. The molecule has 0 radical (unpaired) electrons. The van der Waals surface area contributed by atoms with Gasteiger partial charge >= 0.3 is 0 Å². The van der Waals surface area contributed by atoms with Crippen molar-refractivity contribution in [3.05, 3.63) is 102 Å². The molecule has 0 saturated heterocycles. The van der Waals surface area contributed by atoms with Crippen molar-refractivity contribution in [2.75, 3.05) is 18.1 Å². The van der Waals surface area contributed by atoms with Crippen LogP contribution in [0.1, 0.15) is 20.7 Å². The number of imide groups is 1. The Morgan fingerprint density at radius 2 is 1.30 bits per heavy atom. The molecule has 6 heteroatoms. The predicted octanol–water partition coefficient (Wildman–Crippen LogP) is 4.46. The summed E-state index contributed by atoms with van der Waals surface area (Å²) < 4.78 is 11.5. The van der Waals surface area contributed by atoms with Gasteiger partial charge in [0.25, 0.3) is 11.8 Å². The first-order chi connectivity index (χ1) is 16.1. The Labute approximate surface area is 190 Å². The Bertz CT molecular complexity index is 1290. The van der Waals surface area contributed by atoms with Gasteiger partial charge in [0, 0.05) is 5.39 Å². The quantitative estimate of drug-likeness (QED) is 0.431. The smallest absolute Gasteiger partial charge is 0.266 e. The molecule has 0 spiro atoms. The highest BCUT2D eigenvalue weighted by atomic mass is 16.5. The van der Waals surface area contributed by atoms with E-state index in [1.165, 1.54) is 0 Å². The van der Waals surface area contributed by atoms with E-state index in [0.717, 1.165) is 15.7 Å². The number of carbonyl (C=O) groups is 2. The molecule has 2 amide bonds. The molecular weight excluding hydrogens is 418 g/mol. The number of aliphatic hydroxyl groups is 1. The normalized spacial score (nSPS) is 13.8. The van der Waals surface area contributed by atoms with Crippen LogP contribution >= 0.6 is 0 Å². The molecule has 6 nitrogen and oxygen atoms in total. The van der Waals surface area contributed by atoms with Crippen molar-refractivity contribution in [3.8, 4) is 11.5 Å². The van der Waals surface area contributed by atoms with Gasteiger partial charge in [0.15, 0.2) is 0 Å². The first-order valence-electron chi connectivity index (χ1n) is 10.6. The van der Waals surface area contributed by atoms with Gasteiger partial charge in [-0.15, -0.1) is 0 Å². The second-order valence-electron chi connectivity index (χ2n) is 7.74. The summed E-state index contributed by atoms with van der Waals surface area (Å²) in [7, 11) is 0. The number of amides is 2. The van der Waals surface area contributed by atoms with Crippen LogP contribution in [-0.4, -0.2) is 36.2 Å². The molecule has 5 rings (SSSR count). The number of rotatable bonds is 7. The molecule has 0 fully saturated rings. The molecule has 0 aliphatic carbocycles. The zero-order chi connectivity index (χ0) is 22.8. The Morgan fingerprint density at radius 3 is 2.03 bits per heavy atom. The highest BCUT2D eigenvalue weighted by Crippen LogP contribution is 2.29. The van der Waals surface area contributed by atoms with Gasteiger partial charge in [0.2, 0.25) is 0 Å². The summed E-state index contributed by atoms with van der Waals surface area (Å²) >= 11 is 0. The third-order valence-corrected chi connectivity index (χ3v) is 5.51. The van der Waals surface area contributed by atoms with Gasteiger partial charge in [-0.25, -0.2) is 4.90 Å². The molecule has 164 valence electrons. The maximum Gasteiger partial charge on any atom is 0.266 e. The lowest BCUT2D eigenvalue weighted by molar-refractivity contribution is 0.0632. The van der Waals surface area contributed by atoms with Crippen LogP contribution in [0, 0.1) is 0 Å². The lowest BCUT2D eigenvalue weighted by atomic mass is 10.1. The first kappa shape index (κ1) is 20.7. The average molecular weight is 439 g/mol. The van der Waals surface area contributed by atoms with E-state index in [1.807, 2.05) is 42.5 Å². The fraction of sp³-hybridized carbons (Fsp3) is 0.111. The molecule has 1 aliphatic heterocycles. The summed E-state index contributed by atoms with van der Waals surface area (Å²) in [5.41, 5.74) is 1.27. The van der Waals surface area contributed by atoms with Gasteiger partial charge < -0.3 is 14.6 Å². The number of carbonyl (C=O) groups excluding carboxylic acids is 2. The SMILES string of the molecule is O=C1c2ccccc2C(=O)N1c1ccc(OCC(O)COc2cccc3ccccc23)cc1. The van der Waals surface area contributed by atoms with Crippen LogP contribution in [0.15, 0.2) is 91.0 Å². The lowest BCUT2D eigenvalue weighted by Crippen LogP contribution is -2.29. The topological polar surface area (TPSA) is 76.1 Å². The van der Waals surface area contributed by atoms with E-state index in [4.69, 9.17) is 9.47 Å². The van der Waals surface area contributed by atoms with Gasteiger partial charge in [0.05, 0.1) is 16.8 Å². The number of nitrogens with zero attached hydrogens (tertiary/aromatic N) is 1. The Kier molecular flexibility index (Phi) is 5.50. The molecule has 1 aliphatic rings. The maximum absolute atomic E-state index is 12.6. The van der Waals surface area contributed by atoms with Crippen LogP contribution in [0.4, 0.5) is 5.69 Å². The van der Waals surface area contributed by atoms with Crippen LogP contribution in [0.2, 0.25) is 0 Å². The summed E-state index contributed by atoms with van der Waals surface area (Å²) in [6.45, 7) is 0.123. The molecular formula is C27H21NO5. The van der Waals surface area contributed by atoms with Crippen molar-refractivity contribution in [1.82, 2.24) is 0 Å². The van der Waals surface area contributed by atoms with Gasteiger partial charge in [0.1, 0.15) is 30.8 Å². The highest BCUT2D eigenvalue weighted by Gasteiger charge is 2.36. The molecule has 33 heavy (non-hydrogen) atoms. The van der Waals surface area contributed by atoms with E-state index in [0.29, 0.717) is 28.3 Å². The first-order valence-corrected chi connectivity index (χ1v) is 10.6. The summed E-state index contributed by atoms with van der Waals surface area (Å²) in [6.07, 6.45) is -0.833. The van der Waals surface area contributed by atoms with Crippen LogP contribution in [0.25, 0.3) is 10.8 Å².